The summed E-state index contributed by atoms with van der Waals surface area (Å²) in [6, 6.07) is 10.4. The molecule has 0 fully saturated rings. The molecule has 1 amide bonds. The molecule has 0 unspecified atom stereocenters. The number of anilines is 1. The Kier molecular flexibility index (Phi) is 8.47. The van der Waals surface area contributed by atoms with Crippen LogP contribution in [0.4, 0.5) is 5.69 Å². The van der Waals surface area contributed by atoms with Gasteiger partial charge in [-0.25, -0.2) is 8.42 Å². The molecule has 0 aliphatic heterocycles. The van der Waals surface area contributed by atoms with Gasteiger partial charge in [-0.1, -0.05) is 45.2 Å². The lowest BCUT2D eigenvalue weighted by atomic mass is 9.99. The van der Waals surface area contributed by atoms with E-state index in [1.807, 2.05) is 19.9 Å². The highest BCUT2D eigenvalue weighted by Gasteiger charge is 2.20. The normalized spacial score (nSPS) is 12.4. The van der Waals surface area contributed by atoms with E-state index < -0.39 is 10.0 Å². The molecule has 2 aromatic rings. The Bertz CT molecular complexity index is 964. The molecular weight excluding hydrogens is 396 g/mol. The lowest BCUT2D eigenvalue weighted by molar-refractivity contribution is 0.0945. The minimum atomic E-state index is -3.81. The number of amides is 1. The van der Waals surface area contributed by atoms with Crippen LogP contribution in [0.1, 0.15) is 66.6 Å². The van der Waals surface area contributed by atoms with Gasteiger partial charge in [0, 0.05) is 17.8 Å². The zero-order valence-electron chi connectivity index (χ0n) is 18.7. The third-order valence-electron chi connectivity index (χ3n) is 5.31. The summed E-state index contributed by atoms with van der Waals surface area (Å²) >= 11 is 0. The maximum absolute atomic E-state index is 13.0. The molecule has 5 nitrogen and oxygen atoms in total. The Balaban J connectivity index is 2.19. The van der Waals surface area contributed by atoms with Crippen molar-refractivity contribution >= 4 is 21.6 Å². The van der Waals surface area contributed by atoms with Gasteiger partial charge in [0.2, 0.25) is 0 Å². The molecule has 0 aliphatic rings. The van der Waals surface area contributed by atoms with Gasteiger partial charge in [0.05, 0.1) is 4.90 Å². The first-order chi connectivity index (χ1) is 14.2. The number of hydrogen-bond acceptors (Lipinski definition) is 3. The summed E-state index contributed by atoms with van der Waals surface area (Å²) in [5.41, 5.74) is 3.42. The van der Waals surface area contributed by atoms with Crippen LogP contribution in [0.2, 0.25) is 0 Å². The van der Waals surface area contributed by atoms with Crippen molar-refractivity contribution in [2.75, 3.05) is 11.3 Å². The summed E-state index contributed by atoms with van der Waals surface area (Å²) in [6.45, 7) is 10.5. The number of nitrogens with one attached hydrogen (secondary N) is 2. The van der Waals surface area contributed by atoms with Crippen LogP contribution in [0.25, 0.3) is 0 Å². The van der Waals surface area contributed by atoms with Gasteiger partial charge < -0.3 is 5.32 Å². The quantitative estimate of drug-likeness (QED) is 0.533. The van der Waals surface area contributed by atoms with Crippen molar-refractivity contribution in [3.05, 3.63) is 58.7 Å². The number of hydrogen-bond donors (Lipinski definition) is 2. The van der Waals surface area contributed by atoms with E-state index in [0.29, 0.717) is 29.3 Å². The molecule has 0 bridgehead atoms. The molecule has 0 aliphatic carbocycles. The molecular formula is C24H34N2O3S. The maximum atomic E-state index is 13.0. The summed E-state index contributed by atoms with van der Waals surface area (Å²) < 4.78 is 28.7. The Morgan fingerprint density at radius 3 is 2.27 bits per heavy atom. The number of rotatable bonds is 10. The average Bonchev–Trinajstić information content (AvgIpc) is 2.67. The third kappa shape index (κ3) is 6.59. The van der Waals surface area contributed by atoms with Gasteiger partial charge in [-0.2, -0.15) is 0 Å². The highest BCUT2D eigenvalue weighted by molar-refractivity contribution is 7.92. The largest absolute Gasteiger partial charge is 0.352 e. The van der Waals surface area contributed by atoms with E-state index >= 15 is 0 Å². The van der Waals surface area contributed by atoms with E-state index in [-0.39, 0.29) is 10.8 Å². The minimum Gasteiger partial charge on any atom is -0.352 e. The third-order valence-corrected chi connectivity index (χ3v) is 6.83. The molecule has 0 saturated heterocycles. The fourth-order valence-corrected chi connectivity index (χ4v) is 4.87. The molecule has 0 saturated carbocycles. The number of aryl methyl sites for hydroxylation is 3. The van der Waals surface area contributed by atoms with Gasteiger partial charge in [-0.15, -0.1) is 0 Å². The van der Waals surface area contributed by atoms with E-state index in [1.165, 1.54) is 6.07 Å². The second-order valence-electron chi connectivity index (χ2n) is 8.09. The van der Waals surface area contributed by atoms with Crippen LogP contribution in [-0.4, -0.2) is 20.9 Å². The summed E-state index contributed by atoms with van der Waals surface area (Å²) in [7, 11) is -3.81. The van der Waals surface area contributed by atoms with Crippen molar-refractivity contribution in [1.29, 1.82) is 0 Å². The van der Waals surface area contributed by atoms with Gasteiger partial charge in [0.15, 0.2) is 0 Å². The number of benzene rings is 2. The fourth-order valence-electron chi connectivity index (χ4n) is 3.56. The van der Waals surface area contributed by atoms with Crippen molar-refractivity contribution in [2.45, 2.75) is 65.2 Å². The smallest absolute Gasteiger partial charge is 0.262 e. The predicted molar refractivity (Wildman–Crippen MR) is 124 cm³/mol. The lowest BCUT2D eigenvalue weighted by Crippen LogP contribution is -2.29. The monoisotopic (exact) mass is 430 g/mol. The molecule has 1 atom stereocenters. The first-order valence-electron chi connectivity index (χ1n) is 10.7. The Morgan fingerprint density at radius 2 is 1.67 bits per heavy atom. The summed E-state index contributed by atoms with van der Waals surface area (Å²) in [6.07, 6.45) is 4.37. The Morgan fingerprint density at radius 1 is 1.00 bits per heavy atom. The maximum Gasteiger partial charge on any atom is 0.262 e. The standard InChI is InChI=1S/C24H34N2O3S/c1-6-8-9-20(7-2)16-25-24(27)21-11-10-19(5)23(15-21)30(28,29)26-22-13-17(3)12-18(4)14-22/h10-15,20,26H,6-9,16H2,1-5H3,(H,25,27)/t20-/m1/s1. The molecule has 30 heavy (non-hydrogen) atoms. The zero-order chi connectivity index (χ0) is 22.3. The molecule has 164 valence electrons. The molecule has 0 spiro atoms. The van der Waals surface area contributed by atoms with Gasteiger partial charge >= 0.3 is 0 Å². The first kappa shape index (κ1) is 23.9. The Hall–Kier alpha value is -2.34. The minimum absolute atomic E-state index is 0.118. The second kappa shape index (κ2) is 10.6. The van der Waals surface area contributed by atoms with E-state index in [9.17, 15) is 13.2 Å². The predicted octanol–water partition coefficient (Wildman–Crippen LogP) is 5.36. The fraction of sp³-hybridized carbons (Fsp3) is 0.458. The molecule has 2 rings (SSSR count). The van der Waals surface area contributed by atoms with Crippen LogP contribution in [0.5, 0.6) is 0 Å². The molecule has 0 radical (unpaired) electrons. The van der Waals surface area contributed by atoms with Crippen molar-refractivity contribution in [1.82, 2.24) is 5.32 Å². The molecule has 6 heteroatoms. The van der Waals surface area contributed by atoms with Crippen molar-refractivity contribution < 1.29 is 13.2 Å². The van der Waals surface area contributed by atoms with Crippen molar-refractivity contribution in [2.24, 2.45) is 5.92 Å². The van der Waals surface area contributed by atoms with E-state index in [2.05, 4.69) is 23.9 Å². The average molecular weight is 431 g/mol. The topological polar surface area (TPSA) is 75.3 Å². The van der Waals surface area contributed by atoms with Crippen LogP contribution in [0.3, 0.4) is 0 Å². The van der Waals surface area contributed by atoms with Gasteiger partial charge in [-0.05, 0) is 74.1 Å². The van der Waals surface area contributed by atoms with E-state index in [0.717, 1.165) is 36.8 Å². The first-order valence-corrected chi connectivity index (χ1v) is 12.1. The van der Waals surface area contributed by atoms with Crippen LogP contribution >= 0.6 is 0 Å². The lowest BCUT2D eigenvalue weighted by Gasteiger charge is -2.16. The highest BCUT2D eigenvalue weighted by Crippen LogP contribution is 2.22. The van der Waals surface area contributed by atoms with Crippen molar-refractivity contribution in [3.63, 3.8) is 0 Å². The van der Waals surface area contributed by atoms with E-state index in [4.69, 9.17) is 0 Å². The second-order valence-corrected chi connectivity index (χ2v) is 9.74. The number of carbonyl (C=O) groups excluding carboxylic acids is 1. The van der Waals surface area contributed by atoms with Crippen LogP contribution in [0, 0.1) is 26.7 Å². The van der Waals surface area contributed by atoms with Gasteiger partial charge in [0.1, 0.15) is 0 Å². The summed E-state index contributed by atoms with van der Waals surface area (Å²) in [5, 5.41) is 2.97. The number of sulfonamides is 1. The number of unbranched alkanes of at least 4 members (excludes halogenated alkanes) is 1. The van der Waals surface area contributed by atoms with Crippen molar-refractivity contribution in [3.8, 4) is 0 Å². The SMILES string of the molecule is CCCC[C@@H](CC)CNC(=O)c1ccc(C)c(S(=O)(=O)Nc2cc(C)cc(C)c2)c1. The van der Waals surface area contributed by atoms with E-state index in [1.54, 1.807) is 31.2 Å². The summed E-state index contributed by atoms with van der Waals surface area (Å²) in [5.74, 6) is 0.196. The van der Waals surface area contributed by atoms with Gasteiger partial charge in [0.25, 0.3) is 15.9 Å². The molecule has 2 aromatic carbocycles. The molecule has 0 aromatic heterocycles. The highest BCUT2D eigenvalue weighted by atomic mass is 32.2. The zero-order valence-corrected chi connectivity index (χ0v) is 19.5. The molecule has 0 heterocycles. The van der Waals surface area contributed by atoms with Crippen LogP contribution in [-0.2, 0) is 10.0 Å². The number of carbonyl (C=O) groups is 1. The summed E-state index contributed by atoms with van der Waals surface area (Å²) in [4.78, 5) is 12.8. The van der Waals surface area contributed by atoms with Crippen LogP contribution in [0.15, 0.2) is 41.3 Å². The Labute approximate surface area is 181 Å². The molecule has 2 N–H and O–H groups in total. The van der Waals surface area contributed by atoms with Gasteiger partial charge in [-0.3, -0.25) is 9.52 Å². The van der Waals surface area contributed by atoms with Crippen LogP contribution < -0.4 is 10.0 Å².